The molecule has 0 unspecified atom stereocenters. The lowest BCUT2D eigenvalue weighted by Crippen LogP contribution is -2.50. The molecule has 168 valence electrons. The summed E-state index contributed by atoms with van der Waals surface area (Å²) in [4.78, 5) is 18.1. The highest BCUT2D eigenvalue weighted by Crippen LogP contribution is 2.39. The van der Waals surface area contributed by atoms with Crippen molar-refractivity contribution in [2.45, 2.75) is 56.4 Å². The number of benzene rings is 2. The average molecular weight is 449 g/mol. The quantitative estimate of drug-likeness (QED) is 0.538. The Balaban J connectivity index is 1.81. The van der Waals surface area contributed by atoms with Gasteiger partial charge in [0.25, 0.3) is 6.43 Å². The number of hydrogen-bond donors (Lipinski definition) is 0. The standard InChI is InChI=1S/C24H30F2N2O2S/c1-16-6-8-20(17(2)14-16)31-21-9-7-18(22(25)26)15-19(21)27-10-12-28(13-11-27)23(29)30-24(3,4)5/h6-9,14-15,22H,10-13H2,1-5H3. The van der Waals surface area contributed by atoms with Crippen LogP contribution < -0.4 is 4.90 Å². The fraction of sp³-hybridized carbons (Fsp3) is 0.458. The number of piperazine rings is 1. The average Bonchev–Trinajstić information content (AvgIpc) is 2.69. The molecule has 0 saturated carbocycles. The normalized spacial score (nSPS) is 14.8. The third-order valence-corrected chi connectivity index (χ3v) is 6.30. The van der Waals surface area contributed by atoms with Gasteiger partial charge >= 0.3 is 6.09 Å². The van der Waals surface area contributed by atoms with Crippen molar-refractivity contribution in [3.63, 3.8) is 0 Å². The fourth-order valence-electron chi connectivity index (χ4n) is 3.49. The van der Waals surface area contributed by atoms with E-state index in [2.05, 4.69) is 36.9 Å². The summed E-state index contributed by atoms with van der Waals surface area (Å²) in [7, 11) is 0. The Morgan fingerprint density at radius 1 is 1.00 bits per heavy atom. The van der Waals surface area contributed by atoms with E-state index in [4.69, 9.17) is 4.74 Å². The number of ether oxygens (including phenoxy) is 1. The van der Waals surface area contributed by atoms with Crippen molar-refractivity contribution in [2.75, 3.05) is 31.1 Å². The molecule has 0 atom stereocenters. The molecule has 2 aromatic rings. The number of aryl methyl sites for hydroxylation is 2. The first-order chi connectivity index (χ1) is 14.5. The molecule has 0 spiro atoms. The van der Waals surface area contributed by atoms with E-state index in [-0.39, 0.29) is 11.7 Å². The molecule has 7 heteroatoms. The summed E-state index contributed by atoms with van der Waals surface area (Å²) in [5, 5.41) is 0. The van der Waals surface area contributed by atoms with Gasteiger partial charge in [-0.05, 0) is 58.4 Å². The Hall–Kier alpha value is -2.28. The number of amides is 1. The predicted molar refractivity (Wildman–Crippen MR) is 121 cm³/mol. The number of carbonyl (C=O) groups excluding carboxylic acids is 1. The van der Waals surface area contributed by atoms with E-state index in [1.54, 1.807) is 28.8 Å². The number of carbonyl (C=O) groups is 1. The summed E-state index contributed by atoms with van der Waals surface area (Å²) >= 11 is 1.59. The minimum absolute atomic E-state index is 0.00884. The Morgan fingerprint density at radius 2 is 1.65 bits per heavy atom. The first kappa shape index (κ1) is 23.4. The topological polar surface area (TPSA) is 32.8 Å². The zero-order chi connectivity index (χ0) is 22.8. The van der Waals surface area contributed by atoms with E-state index in [1.807, 2.05) is 20.8 Å². The first-order valence-corrected chi connectivity index (χ1v) is 11.3. The number of hydrogen-bond acceptors (Lipinski definition) is 4. The van der Waals surface area contributed by atoms with Gasteiger partial charge in [-0.2, -0.15) is 0 Å². The SMILES string of the molecule is Cc1ccc(Sc2ccc(C(F)F)cc2N2CCN(C(=O)OC(C)(C)C)CC2)c(C)c1. The maximum atomic E-state index is 13.4. The summed E-state index contributed by atoms with van der Waals surface area (Å²) < 4.78 is 32.3. The molecule has 4 nitrogen and oxygen atoms in total. The molecule has 31 heavy (non-hydrogen) atoms. The molecule has 0 N–H and O–H groups in total. The maximum Gasteiger partial charge on any atom is 0.410 e. The molecular formula is C24H30F2N2O2S. The maximum absolute atomic E-state index is 13.4. The van der Waals surface area contributed by atoms with Crippen LogP contribution in [0.15, 0.2) is 46.2 Å². The zero-order valence-electron chi connectivity index (χ0n) is 18.7. The van der Waals surface area contributed by atoms with E-state index in [0.717, 1.165) is 21.0 Å². The second-order valence-corrected chi connectivity index (χ2v) is 9.94. The van der Waals surface area contributed by atoms with Crippen LogP contribution in [-0.4, -0.2) is 42.8 Å². The van der Waals surface area contributed by atoms with Crippen molar-refractivity contribution >= 4 is 23.5 Å². The monoisotopic (exact) mass is 448 g/mol. The van der Waals surface area contributed by atoms with Crippen LogP contribution in [0.5, 0.6) is 0 Å². The Labute approximate surface area is 187 Å². The summed E-state index contributed by atoms with van der Waals surface area (Å²) in [5.74, 6) is 0. The lowest BCUT2D eigenvalue weighted by atomic mass is 10.1. The van der Waals surface area contributed by atoms with E-state index < -0.39 is 12.0 Å². The lowest BCUT2D eigenvalue weighted by molar-refractivity contribution is 0.0240. The van der Waals surface area contributed by atoms with Crippen LogP contribution in [0.25, 0.3) is 0 Å². The molecule has 3 rings (SSSR count). The molecule has 1 amide bonds. The third-order valence-electron chi connectivity index (χ3n) is 5.06. The number of nitrogens with zero attached hydrogens (tertiary/aromatic N) is 2. The Bertz CT molecular complexity index is 936. The number of alkyl halides is 2. The van der Waals surface area contributed by atoms with Gasteiger partial charge in [0.2, 0.25) is 0 Å². The highest BCUT2D eigenvalue weighted by atomic mass is 32.2. The zero-order valence-corrected chi connectivity index (χ0v) is 19.6. The van der Waals surface area contributed by atoms with Crippen molar-refractivity contribution in [1.82, 2.24) is 4.90 Å². The van der Waals surface area contributed by atoms with Crippen molar-refractivity contribution in [1.29, 1.82) is 0 Å². The van der Waals surface area contributed by atoms with Gasteiger partial charge in [-0.1, -0.05) is 35.5 Å². The van der Waals surface area contributed by atoms with Crippen LogP contribution in [0.1, 0.15) is 43.9 Å². The first-order valence-electron chi connectivity index (χ1n) is 10.4. The third kappa shape index (κ3) is 6.12. The largest absolute Gasteiger partial charge is 0.444 e. The van der Waals surface area contributed by atoms with Crippen molar-refractivity contribution in [3.05, 3.63) is 53.1 Å². The Morgan fingerprint density at radius 3 is 2.23 bits per heavy atom. The number of rotatable bonds is 4. The van der Waals surface area contributed by atoms with E-state index in [0.29, 0.717) is 26.2 Å². The van der Waals surface area contributed by atoms with Gasteiger partial charge in [0.1, 0.15) is 5.60 Å². The highest BCUT2D eigenvalue weighted by molar-refractivity contribution is 7.99. The molecule has 0 aliphatic carbocycles. The van der Waals surface area contributed by atoms with Crippen molar-refractivity contribution < 1.29 is 18.3 Å². The second-order valence-electron chi connectivity index (χ2n) is 8.85. The van der Waals surface area contributed by atoms with Gasteiger partial charge in [0.05, 0.1) is 5.69 Å². The minimum Gasteiger partial charge on any atom is -0.444 e. The van der Waals surface area contributed by atoms with Crippen molar-refractivity contribution in [2.24, 2.45) is 0 Å². The fourth-order valence-corrected chi connectivity index (χ4v) is 4.51. The number of halogens is 2. The van der Waals surface area contributed by atoms with E-state index in [1.165, 1.54) is 11.6 Å². The van der Waals surface area contributed by atoms with Crippen LogP contribution >= 0.6 is 11.8 Å². The van der Waals surface area contributed by atoms with Crippen LogP contribution in [0, 0.1) is 13.8 Å². The summed E-state index contributed by atoms with van der Waals surface area (Å²) in [6.45, 7) is 11.7. The van der Waals surface area contributed by atoms with Crippen LogP contribution in [-0.2, 0) is 4.74 Å². The molecule has 1 aliphatic heterocycles. The van der Waals surface area contributed by atoms with E-state index in [9.17, 15) is 13.6 Å². The van der Waals surface area contributed by atoms with Gasteiger partial charge in [0.15, 0.2) is 0 Å². The molecule has 2 aromatic carbocycles. The van der Waals surface area contributed by atoms with Gasteiger partial charge < -0.3 is 14.5 Å². The molecular weight excluding hydrogens is 418 g/mol. The van der Waals surface area contributed by atoms with Crippen LogP contribution in [0.2, 0.25) is 0 Å². The van der Waals surface area contributed by atoms with Crippen LogP contribution in [0.3, 0.4) is 0 Å². The summed E-state index contributed by atoms with van der Waals surface area (Å²) in [6, 6.07) is 11.1. The van der Waals surface area contributed by atoms with Crippen LogP contribution in [0.4, 0.5) is 19.3 Å². The molecule has 0 radical (unpaired) electrons. The molecule has 0 aromatic heterocycles. The minimum atomic E-state index is -2.53. The highest BCUT2D eigenvalue weighted by Gasteiger charge is 2.27. The molecule has 1 saturated heterocycles. The molecule has 0 bridgehead atoms. The van der Waals surface area contributed by atoms with Gasteiger partial charge in [-0.25, -0.2) is 13.6 Å². The molecule has 1 heterocycles. The van der Waals surface area contributed by atoms with Gasteiger partial charge in [-0.3, -0.25) is 0 Å². The summed E-state index contributed by atoms with van der Waals surface area (Å²) in [5.41, 5.74) is 2.59. The van der Waals surface area contributed by atoms with Crippen molar-refractivity contribution in [3.8, 4) is 0 Å². The summed E-state index contributed by atoms with van der Waals surface area (Å²) in [6.07, 6.45) is -2.86. The van der Waals surface area contributed by atoms with Gasteiger partial charge in [0, 0.05) is 41.5 Å². The van der Waals surface area contributed by atoms with Gasteiger partial charge in [-0.15, -0.1) is 0 Å². The second kappa shape index (κ2) is 9.47. The number of anilines is 1. The lowest BCUT2D eigenvalue weighted by Gasteiger charge is -2.37. The molecule has 1 aliphatic rings. The van der Waals surface area contributed by atoms with E-state index >= 15 is 0 Å². The Kier molecular flexibility index (Phi) is 7.14. The molecule has 1 fully saturated rings. The smallest absolute Gasteiger partial charge is 0.410 e. The predicted octanol–water partition coefficient (Wildman–Crippen LogP) is 6.45.